The van der Waals surface area contributed by atoms with Crippen LogP contribution < -0.4 is 0 Å². The van der Waals surface area contributed by atoms with Crippen LogP contribution in [0.5, 0.6) is 0 Å². The second kappa shape index (κ2) is 6.53. The molecule has 4 rings (SSSR count). The Morgan fingerprint density at radius 2 is 2.17 bits per heavy atom. The van der Waals surface area contributed by atoms with Crippen molar-refractivity contribution in [3.05, 3.63) is 36.3 Å². The highest BCUT2D eigenvalue weighted by Crippen LogP contribution is 2.24. The second-order valence-electron chi connectivity index (χ2n) is 6.80. The highest BCUT2D eigenvalue weighted by atomic mass is 16.5. The summed E-state index contributed by atoms with van der Waals surface area (Å²) >= 11 is 0. The smallest absolute Gasteiger partial charge is 0.274 e. The molecule has 2 saturated heterocycles. The van der Waals surface area contributed by atoms with E-state index in [-0.39, 0.29) is 18.1 Å². The molecule has 2 atom stereocenters. The molecule has 6 heteroatoms. The normalized spacial score (nSPS) is 25.0. The van der Waals surface area contributed by atoms with Gasteiger partial charge in [0.25, 0.3) is 5.91 Å². The van der Waals surface area contributed by atoms with E-state index in [9.17, 15) is 4.79 Å². The lowest BCUT2D eigenvalue weighted by molar-refractivity contribution is 0.0665. The van der Waals surface area contributed by atoms with E-state index in [2.05, 4.69) is 9.88 Å². The predicted molar refractivity (Wildman–Crippen MR) is 91.1 cm³/mol. The van der Waals surface area contributed by atoms with Crippen LogP contribution in [0.2, 0.25) is 0 Å². The molecule has 0 spiro atoms. The summed E-state index contributed by atoms with van der Waals surface area (Å²) in [6.07, 6.45) is 7.31. The van der Waals surface area contributed by atoms with E-state index in [1.165, 1.54) is 12.8 Å². The third kappa shape index (κ3) is 2.91. The first kappa shape index (κ1) is 15.6. The number of nitrogens with zero attached hydrogens (tertiary/aromatic N) is 4. The van der Waals surface area contributed by atoms with Crippen molar-refractivity contribution in [2.75, 3.05) is 33.3 Å². The number of ether oxygens (including phenoxy) is 1. The molecule has 0 aromatic carbocycles. The Balaban J connectivity index is 1.55. The van der Waals surface area contributed by atoms with Gasteiger partial charge in [0.15, 0.2) is 0 Å². The number of hydrogen-bond donors (Lipinski definition) is 0. The van der Waals surface area contributed by atoms with Crippen molar-refractivity contribution in [2.24, 2.45) is 0 Å². The van der Waals surface area contributed by atoms with Crippen molar-refractivity contribution in [3.8, 4) is 0 Å². The molecule has 24 heavy (non-hydrogen) atoms. The number of methoxy groups -OCH3 is 1. The summed E-state index contributed by atoms with van der Waals surface area (Å²) < 4.78 is 7.44. The first-order valence-electron chi connectivity index (χ1n) is 8.74. The minimum atomic E-state index is 0.0162. The zero-order valence-electron chi connectivity index (χ0n) is 14.1. The summed E-state index contributed by atoms with van der Waals surface area (Å²) in [6, 6.07) is 6.00. The van der Waals surface area contributed by atoms with Crippen LogP contribution in [0.1, 0.15) is 29.8 Å². The van der Waals surface area contributed by atoms with Crippen molar-refractivity contribution >= 4 is 11.6 Å². The van der Waals surface area contributed by atoms with Crippen molar-refractivity contribution < 1.29 is 9.53 Å². The third-order valence-corrected chi connectivity index (χ3v) is 5.22. The standard InChI is InChI=1S/C18H24N4O2/c1-24-15-10-14(11-20-7-4-5-8-20)22(12-15)18(23)16-13-21-9-3-2-6-17(21)19-16/h2-3,6,9,13-15H,4-5,7-8,10-12H2,1H3/t14-,15-/m0/s1. The molecule has 2 aromatic rings. The Morgan fingerprint density at radius 3 is 2.92 bits per heavy atom. The van der Waals surface area contributed by atoms with E-state index < -0.39 is 0 Å². The molecule has 0 N–H and O–H groups in total. The summed E-state index contributed by atoms with van der Waals surface area (Å²) in [4.78, 5) is 22.0. The highest BCUT2D eigenvalue weighted by molar-refractivity contribution is 5.93. The maximum Gasteiger partial charge on any atom is 0.274 e. The number of likely N-dealkylation sites (tertiary alicyclic amines) is 2. The first-order valence-corrected chi connectivity index (χ1v) is 8.74. The molecule has 128 valence electrons. The lowest BCUT2D eigenvalue weighted by atomic mass is 10.2. The average molecular weight is 328 g/mol. The fourth-order valence-electron chi connectivity index (χ4n) is 3.91. The van der Waals surface area contributed by atoms with Gasteiger partial charge >= 0.3 is 0 Å². The van der Waals surface area contributed by atoms with Crippen LogP contribution in [0.4, 0.5) is 0 Å². The van der Waals surface area contributed by atoms with Gasteiger partial charge in [-0.25, -0.2) is 4.98 Å². The molecule has 2 aliphatic rings. The number of carbonyl (C=O) groups excluding carboxylic acids is 1. The van der Waals surface area contributed by atoms with Gasteiger partial charge in [-0.1, -0.05) is 6.07 Å². The maximum atomic E-state index is 13.0. The van der Waals surface area contributed by atoms with E-state index in [0.717, 1.165) is 31.7 Å². The number of aromatic nitrogens is 2. The van der Waals surface area contributed by atoms with Crippen molar-refractivity contribution in [1.82, 2.24) is 19.2 Å². The van der Waals surface area contributed by atoms with E-state index in [1.54, 1.807) is 7.11 Å². The number of hydrogen-bond acceptors (Lipinski definition) is 4. The summed E-state index contributed by atoms with van der Waals surface area (Å²) in [5, 5.41) is 0. The monoisotopic (exact) mass is 328 g/mol. The number of fused-ring (bicyclic) bond motifs is 1. The molecule has 0 bridgehead atoms. The van der Waals surface area contributed by atoms with Gasteiger partial charge in [0.2, 0.25) is 0 Å². The minimum Gasteiger partial charge on any atom is -0.380 e. The third-order valence-electron chi connectivity index (χ3n) is 5.22. The topological polar surface area (TPSA) is 50.1 Å². The number of imidazole rings is 1. The fourth-order valence-corrected chi connectivity index (χ4v) is 3.91. The zero-order valence-corrected chi connectivity index (χ0v) is 14.1. The summed E-state index contributed by atoms with van der Waals surface area (Å²) in [6.45, 7) is 3.88. The van der Waals surface area contributed by atoms with Gasteiger partial charge in [-0.05, 0) is 44.5 Å². The van der Waals surface area contributed by atoms with Crippen LogP contribution in [0.25, 0.3) is 5.65 Å². The van der Waals surface area contributed by atoms with E-state index >= 15 is 0 Å². The molecule has 6 nitrogen and oxygen atoms in total. The molecule has 0 saturated carbocycles. The maximum absolute atomic E-state index is 13.0. The largest absolute Gasteiger partial charge is 0.380 e. The number of rotatable bonds is 4. The number of carbonyl (C=O) groups is 1. The lowest BCUT2D eigenvalue weighted by Gasteiger charge is -2.27. The second-order valence-corrected chi connectivity index (χ2v) is 6.80. The summed E-state index contributed by atoms with van der Waals surface area (Å²) in [5.41, 5.74) is 1.32. The van der Waals surface area contributed by atoms with Crippen LogP contribution in [0.15, 0.2) is 30.6 Å². The molecule has 2 aliphatic heterocycles. The predicted octanol–water partition coefficient (Wildman–Crippen LogP) is 1.66. The van der Waals surface area contributed by atoms with Gasteiger partial charge in [0.05, 0.1) is 6.10 Å². The van der Waals surface area contributed by atoms with Gasteiger partial charge in [-0.3, -0.25) is 4.79 Å². The van der Waals surface area contributed by atoms with E-state index in [4.69, 9.17) is 4.74 Å². The average Bonchev–Trinajstić information content (AvgIpc) is 3.33. The molecule has 0 unspecified atom stereocenters. The molecule has 2 aromatic heterocycles. The molecule has 0 aliphatic carbocycles. The first-order chi connectivity index (χ1) is 11.7. The summed E-state index contributed by atoms with van der Waals surface area (Å²) in [5.74, 6) is 0.0162. The van der Waals surface area contributed by atoms with Crippen molar-refractivity contribution in [2.45, 2.75) is 31.4 Å². The zero-order chi connectivity index (χ0) is 16.5. The highest BCUT2D eigenvalue weighted by Gasteiger charge is 2.37. The van der Waals surface area contributed by atoms with Gasteiger partial charge in [-0.15, -0.1) is 0 Å². The quantitative estimate of drug-likeness (QED) is 0.856. The fraction of sp³-hybridized carbons (Fsp3) is 0.556. The molecule has 2 fully saturated rings. The van der Waals surface area contributed by atoms with Crippen LogP contribution in [-0.4, -0.2) is 70.5 Å². The Labute approximate surface area is 142 Å². The van der Waals surface area contributed by atoms with Crippen molar-refractivity contribution in [1.29, 1.82) is 0 Å². The van der Waals surface area contributed by atoms with Crippen LogP contribution in [-0.2, 0) is 4.74 Å². The number of amides is 1. The molecule has 4 heterocycles. The molecular formula is C18H24N4O2. The van der Waals surface area contributed by atoms with Crippen molar-refractivity contribution in [3.63, 3.8) is 0 Å². The SMILES string of the molecule is CO[C@H]1C[C@@H](CN2CCCC2)N(C(=O)c2cn3ccccc3n2)C1. The van der Waals surface area contributed by atoms with Gasteiger partial charge in [-0.2, -0.15) is 0 Å². The summed E-state index contributed by atoms with van der Waals surface area (Å²) in [7, 11) is 1.73. The Morgan fingerprint density at radius 1 is 1.33 bits per heavy atom. The molecule has 1 amide bonds. The Kier molecular flexibility index (Phi) is 4.24. The van der Waals surface area contributed by atoms with Crippen LogP contribution in [0, 0.1) is 0 Å². The molecular weight excluding hydrogens is 304 g/mol. The Hall–Kier alpha value is -1.92. The molecule has 0 radical (unpaired) electrons. The van der Waals surface area contributed by atoms with Gasteiger partial charge in [0.1, 0.15) is 11.3 Å². The van der Waals surface area contributed by atoms with Gasteiger partial charge < -0.3 is 18.9 Å². The number of pyridine rings is 1. The van der Waals surface area contributed by atoms with Crippen LogP contribution in [0.3, 0.4) is 0 Å². The lowest BCUT2D eigenvalue weighted by Crippen LogP contribution is -2.42. The van der Waals surface area contributed by atoms with E-state index in [0.29, 0.717) is 12.2 Å². The Bertz CT molecular complexity index is 690. The van der Waals surface area contributed by atoms with E-state index in [1.807, 2.05) is 39.9 Å². The van der Waals surface area contributed by atoms with Gasteiger partial charge in [0, 0.05) is 38.6 Å². The van der Waals surface area contributed by atoms with Crippen LogP contribution >= 0.6 is 0 Å². The minimum absolute atomic E-state index is 0.0162.